The molecular weight excluding hydrogens is 199 g/mol. The molecule has 0 amide bonds. The number of aliphatic hydroxyl groups is 2. The molecule has 80 valence electrons. The van der Waals surface area contributed by atoms with E-state index < -0.39 is 37.7 Å². The summed E-state index contributed by atoms with van der Waals surface area (Å²) in [5, 5.41) is 16.7. The maximum absolute atomic E-state index is 12.1. The Balaban J connectivity index is 4.04. The zero-order valence-corrected chi connectivity index (χ0v) is 6.48. The lowest BCUT2D eigenvalue weighted by Gasteiger charge is -2.20. The maximum Gasteiger partial charge on any atom is 0.453 e. The Morgan fingerprint density at radius 3 is 1.85 bits per heavy atom. The molecule has 0 aromatic heterocycles. The second-order valence-corrected chi connectivity index (χ2v) is 2.58. The molecule has 0 aliphatic rings. The van der Waals surface area contributed by atoms with Crippen molar-refractivity contribution in [1.29, 1.82) is 0 Å². The third-order valence-corrected chi connectivity index (χ3v) is 1.42. The van der Waals surface area contributed by atoms with E-state index in [1.807, 2.05) is 0 Å². The SMILES string of the molecule is OCC(O)CCC(F)(F)C(F)(F)F. The van der Waals surface area contributed by atoms with Crippen LogP contribution in [0.15, 0.2) is 0 Å². The van der Waals surface area contributed by atoms with Crippen molar-refractivity contribution in [3.8, 4) is 0 Å². The van der Waals surface area contributed by atoms with Gasteiger partial charge in [-0.15, -0.1) is 0 Å². The van der Waals surface area contributed by atoms with Gasteiger partial charge in [-0.3, -0.25) is 0 Å². The molecule has 0 spiro atoms. The predicted octanol–water partition coefficient (Wildman–Crippen LogP) is 1.32. The molecule has 0 aromatic rings. The molecule has 0 radical (unpaired) electrons. The molecule has 1 unspecified atom stereocenters. The Kier molecular flexibility index (Phi) is 4.05. The van der Waals surface area contributed by atoms with E-state index in [0.29, 0.717) is 0 Å². The second kappa shape index (κ2) is 4.19. The monoisotopic (exact) mass is 208 g/mol. The normalized spacial score (nSPS) is 15.9. The molecule has 13 heavy (non-hydrogen) atoms. The van der Waals surface area contributed by atoms with E-state index in [0.717, 1.165) is 0 Å². The largest absolute Gasteiger partial charge is 0.453 e. The van der Waals surface area contributed by atoms with E-state index in [1.165, 1.54) is 0 Å². The van der Waals surface area contributed by atoms with Crippen LogP contribution in [0.1, 0.15) is 12.8 Å². The van der Waals surface area contributed by atoms with Crippen LogP contribution in [0.3, 0.4) is 0 Å². The summed E-state index contributed by atoms with van der Waals surface area (Å²) < 4.78 is 58.7. The molecule has 0 aliphatic heterocycles. The molecule has 2 N–H and O–H groups in total. The van der Waals surface area contributed by atoms with Crippen molar-refractivity contribution in [2.75, 3.05) is 6.61 Å². The van der Waals surface area contributed by atoms with Crippen molar-refractivity contribution >= 4 is 0 Å². The zero-order valence-electron chi connectivity index (χ0n) is 6.48. The molecule has 0 fully saturated rings. The fourth-order valence-electron chi connectivity index (χ4n) is 0.581. The molecule has 0 aliphatic carbocycles. The fourth-order valence-corrected chi connectivity index (χ4v) is 0.581. The van der Waals surface area contributed by atoms with Crippen LogP contribution in [-0.4, -0.2) is 35.0 Å². The number of hydrogen-bond acceptors (Lipinski definition) is 2. The van der Waals surface area contributed by atoms with E-state index in [9.17, 15) is 22.0 Å². The van der Waals surface area contributed by atoms with Gasteiger partial charge in [-0.1, -0.05) is 0 Å². The van der Waals surface area contributed by atoms with Crippen LogP contribution in [0.25, 0.3) is 0 Å². The summed E-state index contributed by atoms with van der Waals surface area (Å²) in [5.74, 6) is -4.80. The van der Waals surface area contributed by atoms with Crippen molar-refractivity contribution in [1.82, 2.24) is 0 Å². The summed E-state index contributed by atoms with van der Waals surface area (Å²) in [6.07, 6.45) is -9.43. The Morgan fingerprint density at radius 2 is 1.54 bits per heavy atom. The lowest BCUT2D eigenvalue weighted by atomic mass is 10.1. The lowest BCUT2D eigenvalue weighted by molar-refractivity contribution is -0.285. The molecular formula is C6H9F5O2. The van der Waals surface area contributed by atoms with Crippen molar-refractivity contribution in [2.24, 2.45) is 0 Å². The Labute approximate surface area is 71.0 Å². The highest BCUT2D eigenvalue weighted by atomic mass is 19.4. The number of aliphatic hydroxyl groups excluding tert-OH is 2. The van der Waals surface area contributed by atoms with E-state index in [1.54, 1.807) is 0 Å². The minimum absolute atomic E-state index is 0.789. The quantitative estimate of drug-likeness (QED) is 0.684. The number of rotatable bonds is 4. The first kappa shape index (κ1) is 12.6. The first-order chi connectivity index (χ1) is 5.70. The van der Waals surface area contributed by atoms with Gasteiger partial charge in [0.1, 0.15) is 0 Å². The number of hydrogen-bond donors (Lipinski definition) is 2. The molecule has 0 saturated carbocycles. The van der Waals surface area contributed by atoms with Gasteiger partial charge in [0.2, 0.25) is 0 Å². The van der Waals surface area contributed by atoms with Gasteiger partial charge in [0.05, 0.1) is 12.7 Å². The highest BCUT2D eigenvalue weighted by molar-refractivity contribution is 4.76. The van der Waals surface area contributed by atoms with Gasteiger partial charge in [-0.2, -0.15) is 22.0 Å². The van der Waals surface area contributed by atoms with Crippen molar-refractivity contribution in [2.45, 2.75) is 31.0 Å². The topological polar surface area (TPSA) is 40.5 Å². The van der Waals surface area contributed by atoms with Gasteiger partial charge in [-0.25, -0.2) is 0 Å². The van der Waals surface area contributed by atoms with Gasteiger partial charge in [-0.05, 0) is 6.42 Å². The van der Waals surface area contributed by atoms with Crippen LogP contribution in [0.2, 0.25) is 0 Å². The average molecular weight is 208 g/mol. The number of halogens is 5. The summed E-state index contributed by atoms with van der Waals surface area (Å²) in [7, 11) is 0. The summed E-state index contributed by atoms with van der Waals surface area (Å²) in [4.78, 5) is 0. The smallest absolute Gasteiger partial charge is 0.394 e. The Morgan fingerprint density at radius 1 is 1.08 bits per heavy atom. The van der Waals surface area contributed by atoms with Crippen molar-refractivity contribution < 1.29 is 32.2 Å². The molecule has 0 saturated heterocycles. The maximum atomic E-state index is 12.1. The van der Waals surface area contributed by atoms with Crippen LogP contribution in [0.4, 0.5) is 22.0 Å². The summed E-state index contributed by atoms with van der Waals surface area (Å²) in [5.41, 5.74) is 0. The molecule has 0 rings (SSSR count). The summed E-state index contributed by atoms with van der Waals surface area (Å²) in [6.45, 7) is -0.825. The predicted molar refractivity (Wildman–Crippen MR) is 33.3 cm³/mol. The van der Waals surface area contributed by atoms with Gasteiger partial charge in [0.15, 0.2) is 0 Å². The minimum Gasteiger partial charge on any atom is -0.394 e. The first-order valence-corrected chi connectivity index (χ1v) is 3.44. The second-order valence-electron chi connectivity index (χ2n) is 2.58. The molecule has 0 bridgehead atoms. The first-order valence-electron chi connectivity index (χ1n) is 3.44. The third-order valence-electron chi connectivity index (χ3n) is 1.42. The fraction of sp³-hybridized carbons (Fsp3) is 1.00. The highest BCUT2D eigenvalue weighted by Gasteiger charge is 2.56. The zero-order chi connectivity index (χ0) is 10.7. The van der Waals surface area contributed by atoms with Gasteiger partial charge < -0.3 is 10.2 Å². The van der Waals surface area contributed by atoms with E-state index in [2.05, 4.69) is 0 Å². The minimum atomic E-state index is -5.60. The van der Waals surface area contributed by atoms with Gasteiger partial charge >= 0.3 is 12.1 Å². The Bertz CT molecular complexity index is 156. The van der Waals surface area contributed by atoms with E-state index in [4.69, 9.17) is 10.2 Å². The standard InChI is InChI=1S/C6H9F5O2/c7-5(8,6(9,10)11)2-1-4(13)3-12/h4,12-13H,1-3H2. The molecule has 0 aromatic carbocycles. The van der Waals surface area contributed by atoms with Crippen LogP contribution in [-0.2, 0) is 0 Å². The van der Waals surface area contributed by atoms with Crippen LogP contribution in [0, 0.1) is 0 Å². The van der Waals surface area contributed by atoms with Crippen LogP contribution < -0.4 is 0 Å². The molecule has 7 heteroatoms. The lowest BCUT2D eigenvalue weighted by Crippen LogP contribution is -2.37. The van der Waals surface area contributed by atoms with Crippen molar-refractivity contribution in [3.63, 3.8) is 0 Å². The Hall–Kier alpha value is -0.430. The summed E-state index contributed by atoms with van der Waals surface area (Å²) in [6, 6.07) is 0. The highest BCUT2D eigenvalue weighted by Crippen LogP contribution is 2.38. The summed E-state index contributed by atoms with van der Waals surface area (Å²) >= 11 is 0. The van der Waals surface area contributed by atoms with E-state index >= 15 is 0 Å². The molecule has 2 nitrogen and oxygen atoms in total. The number of alkyl halides is 5. The van der Waals surface area contributed by atoms with Crippen molar-refractivity contribution in [3.05, 3.63) is 0 Å². The molecule has 1 atom stereocenters. The van der Waals surface area contributed by atoms with Gasteiger partial charge in [0, 0.05) is 6.42 Å². The van der Waals surface area contributed by atoms with Crippen LogP contribution >= 0.6 is 0 Å². The third kappa shape index (κ3) is 3.86. The van der Waals surface area contributed by atoms with Gasteiger partial charge in [0.25, 0.3) is 0 Å². The van der Waals surface area contributed by atoms with Crippen LogP contribution in [0.5, 0.6) is 0 Å². The molecule has 0 heterocycles. The van der Waals surface area contributed by atoms with E-state index in [-0.39, 0.29) is 0 Å². The average Bonchev–Trinajstić information content (AvgIpc) is 1.98.